The largest absolute Gasteiger partial charge is 0.352 e. The van der Waals surface area contributed by atoms with Crippen molar-refractivity contribution in [1.82, 2.24) is 15.6 Å². The molecule has 26 heavy (non-hydrogen) atoms. The Labute approximate surface area is 157 Å². The Bertz CT molecular complexity index is 731. The summed E-state index contributed by atoms with van der Waals surface area (Å²) < 4.78 is 0. The number of nitrogens with one attached hydrogen (secondary N) is 3. The minimum Gasteiger partial charge on any atom is -0.352 e. The third-order valence-electron chi connectivity index (χ3n) is 4.07. The van der Waals surface area contributed by atoms with E-state index in [0.29, 0.717) is 24.2 Å². The second kappa shape index (κ2) is 9.35. The van der Waals surface area contributed by atoms with Gasteiger partial charge in [-0.3, -0.25) is 14.6 Å². The molecule has 2 amide bonds. The number of pyridine rings is 1. The Morgan fingerprint density at radius 2 is 1.92 bits per heavy atom. The molecule has 7 heteroatoms. The second-order valence-electron chi connectivity index (χ2n) is 6.09. The molecule has 0 saturated carbocycles. The first kappa shape index (κ1) is 18.4. The summed E-state index contributed by atoms with van der Waals surface area (Å²) in [5, 5.41) is 9.11. The van der Waals surface area contributed by atoms with Gasteiger partial charge in [-0.25, -0.2) is 0 Å². The van der Waals surface area contributed by atoms with Crippen LogP contribution in [0, 0.1) is 0 Å². The van der Waals surface area contributed by atoms with Gasteiger partial charge in [0.15, 0.2) is 0 Å². The monoisotopic (exact) mass is 370 g/mol. The van der Waals surface area contributed by atoms with Crippen molar-refractivity contribution in [2.24, 2.45) is 0 Å². The molecule has 6 nitrogen and oxygen atoms in total. The van der Waals surface area contributed by atoms with E-state index in [2.05, 4.69) is 20.9 Å². The molecule has 0 bridgehead atoms. The molecule has 2 aromatic rings. The van der Waals surface area contributed by atoms with Gasteiger partial charge in [0.2, 0.25) is 5.91 Å². The molecule has 1 unspecified atom stereocenters. The van der Waals surface area contributed by atoms with Crippen molar-refractivity contribution in [2.75, 3.05) is 23.4 Å². The third kappa shape index (κ3) is 5.57. The first-order chi connectivity index (χ1) is 12.7. The number of hydrogen-bond acceptors (Lipinski definition) is 5. The number of aromatic nitrogens is 1. The van der Waals surface area contributed by atoms with Crippen LogP contribution in [-0.4, -0.2) is 40.9 Å². The van der Waals surface area contributed by atoms with E-state index in [9.17, 15) is 9.59 Å². The second-order valence-corrected chi connectivity index (χ2v) is 7.24. The Kier molecular flexibility index (Phi) is 6.62. The molecule has 1 aromatic carbocycles. The van der Waals surface area contributed by atoms with Crippen molar-refractivity contribution < 1.29 is 9.59 Å². The lowest BCUT2D eigenvalue weighted by Gasteiger charge is -2.22. The van der Waals surface area contributed by atoms with Crippen LogP contribution in [-0.2, 0) is 11.3 Å². The minimum absolute atomic E-state index is 0.0458. The van der Waals surface area contributed by atoms with Gasteiger partial charge in [-0.15, -0.1) is 0 Å². The van der Waals surface area contributed by atoms with Crippen molar-refractivity contribution >= 4 is 29.3 Å². The van der Waals surface area contributed by atoms with Crippen molar-refractivity contribution in [1.29, 1.82) is 0 Å². The van der Waals surface area contributed by atoms with Gasteiger partial charge in [-0.05, 0) is 29.8 Å². The van der Waals surface area contributed by atoms with E-state index >= 15 is 0 Å². The molecule has 1 aromatic heterocycles. The molecule has 136 valence electrons. The van der Waals surface area contributed by atoms with Gasteiger partial charge in [-0.1, -0.05) is 12.1 Å². The molecule has 3 N–H and O–H groups in total. The lowest BCUT2D eigenvalue weighted by atomic mass is 10.1. The molecule has 3 rings (SSSR count). The Morgan fingerprint density at radius 3 is 2.62 bits per heavy atom. The first-order valence-corrected chi connectivity index (χ1v) is 9.74. The molecule has 0 radical (unpaired) electrons. The molecule has 1 aliphatic rings. The molecule has 0 aliphatic carbocycles. The van der Waals surface area contributed by atoms with Crippen LogP contribution in [0.5, 0.6) is 0 Å². The maximum Gasteiger partial charge on any atom is 0.255 e. The zero-order valence-electron chi connectivity index (χ0n) is 14.4. The summed E-state index contributed by atoms with van der Waals surface area (Å²) >= 11 is 1.88. The normalized spacial score (nSPS) is 16.7. The van der Waals surface area contributed by atoms with E-state index < -0.39 is 0 Å². The average molecular weight is 370 g/mol. The molecule has 1 aliphatic heterocycles. The summed E-state index contributed by atoms with van der Waals surface area (Å²) in [6, 6.07) is 11.0. The van der Waals surface area contributed by atoms with E-state index in [1.165, 1.54) is 0 Å². The molecular formula is C19H22N4O2S. The molecule has 0 spiro atoms. The topological polar surface area (TPSA) is 83.1 Å². The number of amides is 2. The maximum absolute atomic E-state index is 12.2. The number of carbonyl (C=O) groups excluding carboxylic acids is 2. The fraction of sp³-hybridized carbons (Fsp3) is 0.316. The fourth-order valence-corrected chi connectivity index (χ4v) is 3.61. The SMILES string of the molecule is O=C(CC1CSCCN1)NCc1ccc(C(=O)Nc2ccncc2)cc1. The van der Waals surface area contributed by atoms with Gasteiger partial charge in [-0.2, -0.15) is 11.8 Å². The van der Waals surface area contributed by atoms with Gasteiger partial charge in [0.05, 0.1) is 0 Å². The van der Waals surface area contributed by atoms with Crippen LogP contribution in [0.25, 0.3) is 0 Å². The van der Waals surface area contributed by atoms with E-state index in [0.717, 1.165) is 23.6 Å². The molecule has 1 fully saturated rings. The number of anilines is 1. The van der Waals surface area contributed by atoms with Gasteiger partial charge in [0, 0.05) is 60.7 Å². The summed E-state index contributed by atoms with van der Waals surface area (Å²) in [4.78, 5) is 28.2. The smallest absolute Gasteiger partial charge is 0.255 e. The number of benzene rings is 1. The van der Waals surface area contributed by atoms with Crippen molar-refractivity contribution in [3.63, 3.8) is 0 Å². The Balaban J connectivity index is 1.46. The lowest BCUT2D eigenvalue weighted by Crippen LogP contribution is -2.41. The number of thioether (sulfide) groups is 1. The van der Waals surface area contributed by atoms with Gasteiger partial charge in [0.1, 0.15) is 0 Å². The van der Waals surface area contributed by atoms with Crippen LogP contribution in [0.4, 0.5) is 5.69 Å². The van der Waals surface area contributed by atoms with E-state index in [4.69, 9.17) is 0 Å². The molecule has 2 heterocycles. The third-order valence-corrected chi connectivity index (χ3v) is 5.21. The zero-order valence-corrected chi connectivity index (χ0v) is 15.2. The highest BCUT2D eigenvalue weighted by atomic mass is 32.2. The number of hydrogen-bond donors (Lipinski definition) is 3. The van der Waals surface area contributed by atoms with Gasteiger partial charge in [0.25, 0.3) is 5.91 Å². The predicted molar refractivity (Wildman–Crippen MR) is 104 cm³/mol. The van der Waals surface area contributed by atoms with Crippen LogP contribution < -0.4 is 16.0 Å². The Morgan fingerprint density at radius 1 is 1.15 bits per heavy atom. The number of nitrogens with zero attached hydrogens (tertiary/aromatic N) is 1. The summed E-state index contributed by atoms with van der Waals surface area (Å²) in [5.74, 6) is 1.96. The van der Waals surface area contributed by atoms with Crippen molar-refractivity contribution in [3.8, 4) is 0 Å². The van der Waals surface area contributed by atoms with Crippen molar-refractivity contribution in [3.05, 3.63) is 59.9 Å². The highest BCUT2D eigenvalue weighted by molar-refractivity contribution is 7.99. The van der Waals surface area contributed by atoms with Crippen LogP contribution in [0.1, 0.15) is 22.3 Å². The van der Waals surface area contributed by atoms with Crippen LogP contribution >= 0.6 is 11.8 Å². The quantitative estimate of drug-likeness (QED) is 0.725. The summed E-state index contributed by atoms with van der Waals surface area (Å²) in [5.41, 5.74) is 2.24. The standard InChI is InChI=1S/C19H22N4O2S/c24-18(11-17-13-26-10-9-21-17)22-12-14-1-3-15(4-2-14)19(25)23-16-5-7-20-8-6-16/h1-8,17,21H,9-13H2,(H,22,24)(H,20,23,25). The van der Waals surface area contributed by atoms with Gasteiger partial charge >= 0.3 is 0 Å². The van der Waals surface area contributed by atoms with Crippen molar-refractivity contribution in [2.45, 2.75) is 19.0 Å². The lowest BCUT2D eigenvalue weighted by molar-refractivity contribution is -0.121. The first-order valence-electron chi connectivity index (χ1n) is 8.59. The predicted octanol–water partition coefficient (Wildman–Crippen LogP) is 2.05. The summed E-state index contributed by atoms with van der Waals surface area (Å²) in [7, 11) is 0. The Hall–Kier alpha value is -2.38. The van der Waals surface area contributed by atoms with Crippen LogP contribution in [0.15, 0.2) is 48.8 Å². The van der Waals surface area contributed by atoms with Crippen LogP contribution in [0.2, 0.25) is 0 Å². The van der Waals surface area contributed by atoms with E-state index in [1.807, 2.05) is 23.9 Å². The highest BCUT2D eigenvalue weighted by Crippen LogP contribution is 2.11. The van der Waals surface area contributed by atoms with E-state index in [-0.39, 0.29) is 17.9 Å². The summed E-state index contributed by atoms with van der Waals surface area (Å²) in [6.07, 6.45) is 3.76. The van der Waals surface area contributed by atoms with E-state index in [1.54, 1.807) is 36.7 Å². The number of rotatable bonds is 6. The molecule has 1 atom stereocenters. The molecular weight excluding hydrogens is 348 g/mol. The molecule has 1 saturated heterocycles. The highest BCUT2D eigenvalue weighted by Gasteiger charge is 2.16. The maximum atomic E-state index is 12.2. The van der Waals surface area contributed by atoms with Crippen LogP contribution in [0.3, 0.4) is 0 Å². The van der Waals surface area contributed by atoms with Gasteiger partial charge < -0.3 is 16.0 Å². The fourth-order valence-electron chi connectivity index (χ4n) is 2.66. The minimum atomic E-state index is -0.173. The zero-order chi connectivity index (χ0) is 18.2. The number of carbonyl (C=O) groups is 2. The average Bonchev–Trinajstić information content (AvgIpc) is 2.68. The summed E-state index contributed by atoms with van der Waals surface area (Å²) in [6.45, 7) is 1.43.